The molecule has 3 heteroatoms. The van der Waals surface area contributed by atoms with Crippen molar-refractivity contribution in [3.63, 3.8) is 0 Å². The van der Waals surface area contributed by atoms with Crippen LogP contribution < -0.4 is 5.32 Å². The molecule has 88 valence electrons. The molecule has 1 fully saturated rings. The lowest BCUT2D eigenvalue weighted by Crippen LogP contribution is -2.33. The van der Waals surface area contributed by atoms with Crippen LogP contribution in [0.25, 0.3) is 10.9 Å². The van der Waals surface area contributed by atoms with E-state index in [1.165, 1.54) is 12.8 Å². The van der Waals surface area contributed by atoms with Crippen molar-refractivity contribution in [1.29, 1.82) is 0 Å². The quantitative estimate of drug-likeness (QED) is 0.874. The maximum Gasteiger partial charge on any atom is 0.0950 e. The predicted octanol–water partition coefficient (Wildman–Crippen LogP) is 3.23. The number of nitrogens with zero attached hydrogens (tertiary/aromatic N) is 2. The van der Waals surface area contributed by atoms with Gasteiger partial charge in [-0.2, -0.15) is 10.2 Å². The van der Waals surface area contributed by atoms with Gasteiger partial charge in [0.2, 0.25) is 0 Å². The van der Waals surface area contributed by atoms with Crippen LogP contribution in [0, 0.1) is 5.92 Å². The summed E-state index contributed by atoms with van der Waals surface area (Å²) in [6, 6.07) is 8.12. The first kappa shape index (κ1) is 10.5. The van der Waals surface area contributed by atoms with Crippen molar-refractivity contribution in [2.75, 3.05) is 5.32 Å². The summed E-state index contributed by atoms with van der Waals surface area (Å²) in [5, 5.41) is 13.0. The number of aromatic nitrogens is 2. The number of hydrogen-bond acceptors (Lipinski definition) is 3. The Kier molecular flexibility index (Phi) is 2.28. The second-order valence-electron chi connectivity index (χ2n) is 5.40. The van der Waals surface area contributed by atoms with Crippen molar-refractivity contribution in [1.82, 2.24) is 10.2 Å². The van der Waals surface area contributed by atoms with Gasteiger partial charge in [0.1, 0.15) is 0 Å². The number of benzene rings is 1. The Bertz CT molecular complexity index is 539. The second kappa shape index (κ2) is 3.69. The molecule has 0 amide bonds. The van der Waals surface area contributed by atoms with Gasteiger partial charge in [-0.15, -0.1) is 0 Å². The van der Waals surface area contributed by atoms with Gasteiger partial charge in [-0.3, -0.25) is 0 Å². The third kappa shape index (κ3) is 1.97. The molecule has 0 aliphatic heterocycles. The predicted molar refractivity (Wildman–Crippen MR) is 70.0 cm³/mol. The normalized spacial score (nSPS) is 16.1. The van der Waals surface area contributed by atoms with E-state index in [2.05, 4.69) is 35.4 Å². The molecule has 0 spiro atoms. The zero-order chi connectivity index (χ0) is 11.9. The minimum Gasteiger partial charge on any atom is -0.378 e. The second-order valence-corrected chi connectivity index (χ2v) is 5.40. The van der Waals surface area contributed by atoms with Crippen LogP contribution in [0.15, 0.2) is 30.5 Å². The van der Waals surface area contributed by atoms with Crippen molar-refractivity contribution < 1.29 is 0 Å². The molecule has 1 heterocycles. The molecule has 2 aromatic rings. The molecule has 0 atom stereocenters. The average Bonchev–Trinajstić information content (AvgIpc) is 3.13. The summed E-state index contributed by atoms with van der Waals surface area (Å²) in [5.41, 5.74) is 2.18. The van der Waals surface area contributed by atoms with Crippen LogP contribution in [0.3, 0.4) is 0 Å². The minimum absolute atomic E-state index is 0.145. The Morgan fingerprint density at radius 3 is 2.76 bits per heavy atom. The monoisotopic (exact) mass is 227 g/mol. The fourth-order valence-corrected chi connectivity index (χ4v) is 2.36. The number of fused-ring (bicyclic) bond motifs is 1. The smallest absolute Gasteiger partial charge is 0.0950 e. The number of rotatable bonds is 3. The van der Waals surface area contributed by atoms with E-state index in [1.54, 1.807) is 0 Å². The number of hydrogen-bond donors (Lipinski definition) is 1. The largest absolute Gasteiger partial charge is 0.378 e. The van der Waals surface area contributed by atoms with E-state index in [1.807, 2.05) is 24.4 Å². The van der Waals surface area contributed by atoms with Gasteiger partial charge in [0, 0.05) is 10.9 Å². The highest BCUT2D eigenvalue weighted by atomic mass is 15.1. The maximum absolute atomic E-state index is 4.14. The molecular formula is C14H17N3. The summed E-state index contributed by atoms with van der Waals surface area (Å²) in [5.74, 6) is 0.787. The van der Waals surface area contributed by atoms with E-state index in [9.17, 15) is 0 Å². The third-order valence-corrected chi connectivity index (χ3v) is 3.60. The Balaban J connectivity index is 1.99. The first-order valence-corrected chi connectivity index (χ1v) is 6.15. The maximum atomic E-state index is 4.14. The lowest BCUT2D eigenvalue weighted by molar-refractivity contribution is 0.495. The summed E-state index contributed by atoms with van der Waals surface area (Å²) in [4.78, 5) is 0. The van der Waals surface area contributed by atoms with Crippen LogP contribution in [0.5, 0.6) is 0 Å². The van der Waals surface area contributed by atoms with Gasteiger partial charge >= 0.3 is 0 Å². The van der Waals surface area contributed by atoms with Crippen LogP contribution >= 0.6 is 0 Å². The molecule has 1 saturated carbocycles. The Morgan fingerprint density at radius 2 is 2.00 bits per heavy atom. The summed E-state index contributed by atoms with van der Waals surface area (Å²) in [6.45, 7) is 4.53. The van der Waals surface area contributed by atoms with E-state index in [0.717, 1.165) is 22.5 Å². The molecule has 1 aliphatic carbocycles. The van der Waals surface area contributed by atoms with Crippen LogP contribution in [0.1, 0.15) is 26.7 Å². The summed E-state index contributed by atoms with van der Waals surface area (Å²) in [6.07, 6.45) is 4.49. The van der Waals surface area contributed by atoms with E-state index in [0.29, 0.717) is 0 Å². The Labute approximate surface area is 101 Å². The van der Waals surface area contributed by atoms with Crippen molar-refractivity contribution in [3.05, 3.63) is 30.5 Å². The standard InChI is InChI=1S/C14H17N3/c1-14(2,10-7-8-10)16-13-9-15-17-12-6-4-3-5-11(12)13/h3-6,9-10H,7-8H2,1-2H3,(H,16,17). The zero-order valence-corrected chi connectivity index (χ0v) is 10.3. The number of nitrogens with one attached hydrogen (secondary N) is 1. The van der Waals surface area contributed by atoms with E-state index < -0.39 is 0 Å². The van der Waals surface area contributed by atoms with Gasteiger partial charge < -0.3 is 5.32 Å². The zero-order valence-electron chi connectivity index (χ0n) is 10.3. The molecule has 1 aliphatic rings. The molecule has 17 heavy (non-hydrogen) atoms. The molecule has 1 aromatic carbocycles. The molecule has 1 N–H and O–H groups in total. The van der Waals surface area contributed by atoms with E-state index in [-0.39, 0.29) is 5.54 Å². The van der Waals surface area contributed by atoms with E-state index in [4.69, 9.17) is 0 Å². The van der Waals surface area contributed by atoms with Crippen molar-refractivity contribution >= 4 is 16.6 Å². The number of anilines is 1. The summed E-state index contributed by atoms with van der Waals surface area (Å²) < 4.78 is 0. The van der Waals surface area contributed by atoms with Gasteiger partial charge in [-0.1, -0.05) is 18.2 Å². The summed E-state index contributed by atoms with van der Waals surface area (Å²) in [7, 11) is 0. The van der Waals surface area contributed by atoms with Crippen LogP contribution in [0.2, 0.25) is 0 Å². The highest BCUT2D eigenvalue weighted by Crippen LogP contribution is 2.41. The highest BCUT2D eigenvalue weighted by Gasteiger charge is 2.37. The van der Waals surface area contributed by atoms with E-state index >= 15 is 0 Å². The molecule has 0 bridgehead atoms. The van der Waals surface area contributed by atoms with Crippen molar-refractivity contribution in [3.8, 4) is 0 Å². The Morgan fingerprint density at radius 1 is 1.24 bits per heavy atom. The van der Waals surface area contributed by atoms with Gasteiger partial charge in [0.15, 0.2) is 0 Å². The topological polar surface area (TPSA) is 37.8 Å². The SMILES string of the molecule is CC(C)(Nc1cnnc2ccccc12)C1CC1. The van der Waals surface area contributed by atoms with Gasteiger partial charge in [-0.25, -0.2) is 0 Å². The average molecular weight is 227 g/mol. The fourth-order valence-electron chi connectivity index (χ4n) is 2.36. The lowest BCUT2D eigenvalue weighted by atomic mass is 9.98. The van der Waals surface area contributed by atoms with Gasteiger partial charge in [0.05, 0.1) is 17.4 Å². The van der Waals surface area contributed by atoms with Gasteiger partial charge in [0.25, 0.3) is 0 Å². The van der Waals surface area contributed by atoms with Gasteiger partial charge in [-0.05, 0) is 38.7 Å². The Hall–Kier alpha value is -1.64. The first-order chi connectivity index (χ1) is 8.17. The molecule has 0 unspecified atom stereocenters. The molecular weight excluding hydrogens is 210 g/mol. The van der Waals surface area contributed by atoms with Crippen molar-refractivity contribution in [2.24, 2.45) is 5.92 Å². The summed E-state index contributed by atoms with van der Waals surface area (Å²) >= 11 is 0. The van der Waals surface area contributed by atoms with Crippen LogP contribution in [-0.4, -0.2) is 15.7 Å². The van der Waals surface area contributed by atoms with Crippen LogP contribution in [0.4, 0.5) is 5.69 Å². The highest BCUT2D eigenvalue weighted by molar-refractivity contribution is 5.90. The lowest BCUT2D eigenvalue weighted by Gasteiger charge is -2.27. The molecule has 1 aromatic heterocycles. The molecule has 0 radical (unpaired) electrons. The first-order valence-electron chi connectivity index (χ1n) is 6.15. The van der Waals surface area contributed by atoms with Crippen LogP contribution in [-0.2, 0) is 0 Å². The fraction of sp³-hybridized carbons (Fsp3) is 0.429. The molecule has 0 saturated heterocycles. The molecule has 3 nitrogen and oxygen atoms in total. The molecule has 3 rings (SSSR count). The minimum atomic E-state index is 0.145. The third-order valence-electron chi connectivity index (χ3n) is 3.60. The van der Waals surface area contributed by atoms with Crippen molar-refractivity contribution in [2.45, 2.75) is 32.2 Å².